The zero-order chi connectivity index (χ0) is 26.0. The van der Waals surface area contributed by atoms with Gasteiger partial charge in [-0.25, -0.2) is 0 Å². The summed E-state index contributed by atoms with van der Waals surface area (Å²) in [5, 5.41) is 0. The molecule has 0 unspecified atom stereocenters. The van der Waals surface area contributed by atoms with Crippen LogP contribution in [0.4, 0.5) is 34.1 Å². The Balaban J connectivity index is 1.53. The van der Waals surface area contributed by atoms with Crippen molar-refractivity contribution in [3.8, 4) is 0 Å². The van der Waals surface area contributed by atoms with Gasteiger partial charge in [-0.2, -0.15) is 0 Å². The third kappa shape index (κ3) is 3.42. The van der Waals surface area contributed by atoms with Crippen molar-refractivity contribution in [3.05, 3.63) is 126 Å². The summed E-state index contributed by atoms with van der Waals surface area (Å²) >= 11 is 0. The number of rotatable bonds is 2. The fourth-order valence-electron chi connectivity index (χ4n) is 6.28. The Labute approximate surface area is 226 Å². The maximum atomic E-state index is 2.47. The molecule has 2 nitrogen and oxygen atoms in total. The number of para-hydroxylation sites is 3. The first-order valence-corrected chi connectivity index (χ1v) is 13.5. The normalized spacial score (nSPS) is 13.6. The molecule has 3 heteroatoms. The highest BCUT2D eigenvalue weighted by molar-refractivity contribution is 7.00. The lowest BCUT2D eigenvalue weighted by Crippen LogP contribution is -2.61. The van der Waals surface area contributed by atoms with E-state index in [2.05, 4.69) is 153 Å². The lowest BCUT2D eigenvalue weighted by Gasteiger charge is -2.44. The quantitative estimate of drug-likeness (QED) is 0.234. The maximum Gasteiger partial charge on any atom is 0.252 e. The van der Waals surface area contributed by atoms with Crippen molar-refractivity contribution in [2.45, 2.75) is 33.1 Å². The highest BCUT2D eigenvalue weighted by Gasteiger charge is 2.43. The fourth-order valence-corrected chi connectivity index (χ4v) is 6.28. The van der Waals surface area contributed by atoms with Gasteiger partial charge >= 0.3 is 0 Å². The van der Waals surface area contributed by atoms with E-state index in [0.29, 0.717) is 0 Å². The number of hydrogen-bond donors (Lipinski definition) is 0. The highest BCUT2D eigenvalue weighted by atomic mass is 15.2. The van der Waals surface area contributed by atoms with Crippen molar-refractivity contribution < 1.29 is 0 Å². The van der Waals surface area contributed by atoms with E-state index in [1.165, 1.54) is 61.6 Å². The Morgan fingerprint density at radius 1 is 0.526 bits per heavy atom. The van der Waals surface area contributed by atoms with E-state index in [1.807, 2.05) is 0 Å². The van der Waals surface area contributed by atoms with Crippen molar-refractivity contribution >= 4 is 57.2 Å². The molecule has 0 radical (unpaired) electrons. The van der Waals surface area contributed by atoms with Crippen molar-refractivity contribution in [2.75, 3.05) is 9.80 Å². The Bertz CT molecular complexity index is 1670. The van der Waals surface area contributed by atoms with E-state index in [0.717, 1.165) is 0 Å². The van der Waals surface area contributed by atoms with E-state index in [9.17, 15) is 0 Å². The van der Waals surface area contributed by atoms with Gasteiger partial charge in [0.05, 0.1) is 0 Å². The highest BCUT2D eigenvalue weighted by Crippen LogP contribution is 2.44. The number of anilines is 6. The summed E-state index contributed by atoms with van der Waals surface area (Å²) in [6.45, 7) is 9.22. The first kappa shape index (κ1) is 22.9. The summed E-state index contributed by atoms with van der Waals surface area (Å²) in [5.74, 6) is 0. The van der Waals surface area contributed by atoms with Crippen LogP contribution in [0.3, 0.4) is 0 Å². The molecule has 0 N–H and O–H groups in total. The van der Waals surface area contributed by atoms with Gasteiger partial charge in [-0.15, -0.1) is 0 Å². The molecule has 0 spiro atoms. The third-order valence-electron chi connectivity index (χ3n) is 8.03. The SMILES string of the molecule is Cc1cc2c3c(c1)N(c1ccc(C(C)(C)C)cc1)c1ccccc1B3c1ccccc1N2c1ccccc1. The van der Waals surface area contributed by atoms with Gasteiger partial charge in [-0.1, -0.05) is 87.5 Å². The Morgan fingerprint density at radius 3 is 1.53 bits per heavy atom. The molecular weight excluding hydrogens is 459 g/mol. The summed E-state index contributed by atoms with van der Waals surface area (Å²) in [5.41, 5.74) is 14.2. The topological polar surface area (TPSA) is 6.48 Å². The maximum absolute atomic E-state index is 2.47. The van der Waals surface area contributed by atoms with Crippen molar-refractivity contribution in [1.29, 1.82) is 0 Å². The monoisotopic (exact) mass is 490 g/mol. The minimum Gasteiger partial charge on any atom is -0.311 e. The molecule has 0 aromatic heterocycles. The summed E-state index contributed by atoms with van der Waals surface area (Å²) in [4.78, 5) is 4.92. The molecule has 184 valence electrons. The zero-order valence-corrected chi connectivity index (χ0v) is 22.4. The minimum absolute atomic E-state index is 0.117. The molecule has 2 heterocycles. The van der Waals surface area contributed by atoms with E-state index in [1.54, 1.807) is 0 Å². The predicted molar refractivity (Wildman–Crippen MR) is 164 cm³/mol. The van der Waals surface area contributed by atoms with Crippen LogP contribution in [0.15, 0.2) is 115 Å². The van der Waals surface area contributed by atoms with Gasteiger partial charge in [-0.3, -0.25) is 0 Å². The van der Waals surface area contributed by atoms with E-state index < -0.39 is 0 Å². The first-order chi connectivity index (χ1) is 18.4. The molecule has 5 aromatic rings. The number of nitrogens with zero attached hydrogens (tertiary/aromatic N) is 2. The van der Waals surface area contributed by atoms with E-state index in [-0.39, 0.29) is 12.1 Å². The standard InChI is InChI=1S/C35H31BN2/c1-24-22-32-34-33(23-24)38(27-20-18-25(19-21-27)35(2,3)4)31-17-11-9-15-29(31)36(34)28-14-8-10-16-30(28)37(32)26-12-6-5-7-13-26/h5-23H,1-4H3. The largest absolute Gasteiger partial charge is 0.311 e. The summed E-state index contributed by atoms with van der Waals surface area (Å²) in [6, 6.07) is 42.6. The number of aryl methyl sites for hydroxylation is 1. The fraction of sp³-hybridized carbons (Fsp3) is 0.143. The second-order valence-electron chi connectivity index (χ2n) is 11.6. The molecule has 7 rings (SSSR count). The van der Waals surface area contributed by atoms with Gasteiger partial charge in [0, 0.05) is 34.1 Å². The molecule has 0 saturated heterocycles. The van der Waals surface area contributed by atoms with Crippen LogP contribution in [-0.2, 0) is 5.41 Å². The average Bonchev–Trinajstić information content (AvgIpc) is 2.93. The molecule has 2 aliphatic heterocycles. The van der Waals surface area contributed by atoms with Crippen LogP contribution >= 0.6 is 0 Å². The smallest absolute Gasteiger partial charge is 0.252 e. The van der Waals surface area contributed by atoms with Crippen LogP contribution in [0.25, 0.3) is 0 Å². The van der Waals surface area contributed by atoms with Gasteiger partial charge < -0.3 is 9.80 Å². The Morgan fingerprint density at radius 2 is 1.00 bits per heavy atom. The predicted octanol–water partition coefficient (Wildman–Crippen LogP) is 7.38. The van der Waals surface area contributed by atoms with E-state index in [4.69, 9.17) is 0 Å². The Kier molecular flexibility index (Phi) is 5.06. The van der Waals surface area contributed by atoms with Crippen LogP contribution in [0.5, 0.6) is 0 Å². The molecule has 0 saturated carbocycles. The van der Waals surface area contributed by atoms with Gasteiger partial charge in [0.1, 0.15) is 0 Å². The van der Waals surface area contributed by atoms with Crippen LogP contribution in [-0.4, -0.2) is 6.71 Å². The molecule has 0 fully saturated rings. The molecule has 38 heavy (non-hydrogen) atoms. The lowest BCUT2D eigenvalue weighted by atomic mass is 9.33. The number of fused-ring (bicyclic) bond motifs is 4. The van der Waals surface area contributed by atoms with Crippen molar-refractivity contribution in [3.63, 3.8) is 0 Å². The van der Waals surface area contributed by atoms with Crippen molar-refractivity contribution in [2.24, 2.45) is 0 Å². The summed E-state index contributed by atoms with van der Waals surface area (Å²) in [6.07, 6.45) is 0. The molecule has 0 amide bonds. The first-order valence-electron chi connectivity index (χ1n) is 13.5. The molecule has 5 aromatic carbocycles. The molecule has 0 atom stereocenters. The average molecular weight is 490 g/mol. The summed E-state index contributed by atoms with van der Waals surface area (Å²) < 4.78 is 0. The molecule has 0 bridgehead atoms. The van der Waals surface area contributed by atoms with Crippen LogP contribution in [0.2, 0.25) is 0 Å². The summed E-state index contributed by atoms with van der Waals surface area (Å²) in [7, 11) is 0. The third-order valence-corrected chi connectivity index (χ3v) is 8.03. The van der Waals surface area contributed by atoms with Crippen molar-refractivity contribution in [1.82, 2.24) is 0 Å². The zero-order valence-electron chi connectivity index (χ0n) is 22.4. The lowest BCUT2D eigenvalue weighted by molar-refractivity contribution is 0.590. The molecule has 0 aliphatic carbocycles. The number of hydrogen-bond acceptors (Lipinski definition) is 2. The van der Waals surface area contributed by atoms with Crippen LogP contribution in [0, 0.1) is 6.92 Å². The van der Waals surface area contributed by atoms with Gasteiger partial charge in [0.2, 0.25) is 0 Å². The van der Waals surface area contributed by atoms with Gasteiger partial charge in [-0.05, 0) is 88.4 Å². The van der Waals surface area contributed by atoms with E-state index >= 15 is 0 Å². The second kappa shape index (κ2) is 8.39. The van der Waals surface area contributed by atoms with Gasteiger partial charge in [0.25, 0.3) is 6.71 Å². The van der Waals surface area contributed by atoms with Crippen LogP contribution < -0.4 is 26.2 Å². The van der Waals surface area contributed by atoms with Gasteiger partial charge in [0.15, 0.2) is 0 Å². The Hall–Kier alpha value is -4.24. The number of benzene rings is 5. The minimum atomic E-state index is 0.117. The molecular formula is C35H31BN2. The second-order valence-corrected chi connectivity index (χ2v) is 11.6. The van der Waals surface area contributed by atoms with Crippen LogP contribution in [0.1, 0.15) is 31.9 Å². The molecule has 2 aliphatic rings.